The quantitative estimate of drug-likeness (QED) is 0.391. The maximum absolute atomic E-state index is 13.5. The fraction of sp³-hybridized carbons (Fsp3) is 0.407. The predicted molar refractivity (Wildman–Crippen MR) is 134 cm³/mol. The number of amides is 2. The number of rotatable bonds is 8. The first-order valence-electron chi connectivity index (χ1n) is 11.6. The third kappa shape index (κ3) is 6.21. The summed E-state index contributed by atoms with van der Waals surface area (Å²) in [7, 11) is -2.00. The Morgan fingerprint density at radius 2 is 1.79 bits per heavy atom. The molecule has 7 heteroatoms. The van der Waals surface area contributed by atoms with Crippen LogP contribution in [0.4, 0.5) is 9.18 Å². The van der Waals surface area contributed by atoms with Gasteiger partial charge in [0.2, 0.25) is 5.91 Å². The van der Waals surface area contributed by atoms with Crippen LogP contribution in [0.15, 0.2) is 60.7 Å². The van der Waals surface area contributed by atoms with Crippen LogP contribution in [0, 0.1) is 5.82 Å². The first-order chi connectivity index (χ1) is 16.0. The molecule has 1 aliphatic rings. The Balaban J connectivity index is 1.73. The molecule has 1 aliphatic heterocycles. The summed E-state index contributed by atoms with van der Waals surface area (Å²) in [5, 5.41) is 0.0550. The number of imide groups is 1. The van der Waals surface area contributed by atoms with Crippen LogP contribution >= 0.6 is 0 Å². The fourth-order valence-corrected chi connectivity index (χ4v) is 4.46. The van der Waals surface area contributed by atoms with E-state index < -0.39 is 20.5 Å². The van der Waals surface area contributed by atoms with E-state index in [0.29, 0.717) is 13.0 Å². The van der Waals surface area contributed by atoms with E-state index in [1.54, 1.807) is 12.1 Å². The molecule has 0 unspecified atom stereocenters. The minimum Gasteiger partial charge on any atom is -0.446 e. The van der Waals surface area contributed by atoms with Crippen molar-refractivity contribution in [2.45, 2.75) is 57.8 Å². The number of hydrogen-bond donors (Lipinski definition) is 0. The molecule has 1 fully saturated rings. The van der Waals surface area contributed by atoms with Gasteiger partial charge in [-0.25, -0.2) is 14.1 Å². The third-order valence-corrected chi connectivity index (χ3v) is 11.2. The van der Waals surface area contributed by atoms with Crippen molar-refractivity contribution in [2.24, 2.45) is 0 Å². The van der Waals surface area contributed by atoms with E-state index in [4.69, 9.17) is 9.16 Å². The molecule has 0 bridgehead atoms. The Bertz CT molecular complexity index is 1030. The van der Waals surface area contributed by atoms with Gasteiger partial charge in [-0.2, -0.15) is 0 Å². The van der Waals surface area contributed by atoms with Crippen molar-refractivity contribution < 1.29 is 23.1 Å². The predicted octanol–water partition coefficient (Wildman–Crippen LogP) is 6.73. The zero-order valence-corrected chi connectivity index (χ0v) is 21.6. The first-order valence-corrected chi connectivity index (χ1v) is 14.5. The van der Waals surface area contributed by atoms with Crippen LogP contribution in [-0.4, -0.2) is 38.4 Å². The topological polar surface area (TPSA) is 55.8 Å². The van der Waals surface area contributed by atoms with Gasteiger partial charge >= 0.3 is 6.09 Å². The molecule has 1 heterocycles. The van der Waals surface area contributed by atoms with Gasteiger partial charge < -0.3 is 9.16 Å². The summed E-state index contributed by atoms with van der Waals surface area (Å²) < 4.78 is 25.1. The van der Waals surface area contributed by atoms with Gasteiger partial charge in [0.05, 0.1) is 6.61 Å². The largest absolute Gasteiger partial charge is 0.446 e. The molecule has 0 aromatic heterocycles. The molecular weight excluding hydrogens is 449 g/mol. The highest BCUT2D eigenvalue weighted by atomic mass is 28.4. The maximum atomic E-state index is 13.5. The molecule has 5 nitrogen and oxygen atoms in total. The minimum atomic E-state index is -2.00. The van der Waals surface area contributed by atoms with Crippen LogP contribution in [-0.2, 0) is 14.0 Å². The highest BCUT2D eigenvalue weighted by Crippen LogP contribution is 2.37. The van der Waals surface area contributed by atoms with Crippen molar-refractivity contribution in [1.82, 2.24) is 4.90 Å². The number of ether oxygens (including phenoxy) is 1. The molecule has 0 spiro atoms. The average molecular weight is 484 g/mol. The highest BCUT2D eigenvalue weighted by Gasteiger charge is 2.39. The summed E-state index contributed by atoms with van der Waals surface area (Å²) in [5.41, 5.74) is 2.63. The van der Waals surface area contributed by atoms with Gasteiger partial charge in [-0.05, 0) is 53.4 Å². The SMILES string of the molecule is CC(C)(C)[Si](C)(C)OC/C(=C/CCC(=O)N1C(=O)OC[C@@H]1c1ccccc1)c1ccc(F)cc1. The van der Waals surface area contributed by atoms with E-state index in [1.807, 2.05) is 36.4 Å². The van der Waals surface area contributed by atoms with Crippen LogP contribution in [0.3, 0.4) is 0 Å². The molecule has 34 heavy (non-hydrogen) atoms. The van der Waals surface area contributed by atoms with E-state index in [1.165, 1.54) is 17.0 Å². The van der Waals surface area contributed by atoms with Gasteiger partial charge in [0.15, 0.2) is 8.32 Å². The molecule has 1 atom stereocenters. The second-order valence-electron chi connectivity index (χ2n) is 10.1. The summed E-state index contributed by atoms with van der Waals surface area (Å²) in [4.78, 5) is 26.5. The number of nitrogens with zero attached hydrogens (tertiary/aromatic N) is 1. The van der Waals surface area contributed by atoms with E-state index >= 15 is 0 Å². The Labute approximate surface area is 202 Å². The van der Waals surface area contributed by atoms with Crippen molar-refractivity contribution >= 4 is 25.9 Å². The molecule has 0 radical (unpaired) electrons. The van der Waals surface area contributed by atoms with E-state index in [9.17, 15) is 14.0 Å². The van der Waals surface area contributed by atoms with Crippen molar-refractivity contribution in [3.05, 3.63) is 77.6 Å². The number of benzene rings is 2. The molecule has 0 saturated carbocycles. The van der Waals surface area contributed by atoms with Crippen molar-refractivity contribution in [2.75, 3.05) is 13.2 Å². The second kappa shape index (κ2) is 10.7. The Hall–Kier alpha value is -2.77. The van der Waals surface area contributed by atoms with Crippen molar-refractivity contribution in [3.8, 4) is 0 Å². The summed E-state index contributed by atoms with van der Waals surface area (Å²) in [6, 6.07) is 15.3. The monoisotopic (exact) mass is 483 g/mol. The van der Waals surface area contributed by atoms with Crippen LogP contribution in [0.2, 0.25) is 18.1 Å². The molecular formula is C27H34FNO4Si. The van der Waals surface area contributed by atoms with Gasteiger partial charge in [0.25, 0.3) is 0 Å². The Morgan fingerprint density at radius 3 is 2.41 bits per heavy atom. The van der Waals surface area contributed by atoms with Gasteiger partial charge in [-0.3, -0.25) is 4.79 Å². The lowest BCUT2D eigenvalue weighted by Crippen LogP contribution is -2.41. The zero-order chi connectivity index (χ0) is 24.9. The van der Waals surface area contributed by atoms with Crippen LogP contribution in [0.1, 0.15) is 50.8 Å². The third-order valence-electron chi connectivity index (χ3n) is 6.68. The molecule has 2 aromatic carbocycles. The van der Waals surface area contributed by atoms with E-state index in [0.717, 1.165) is 16.7 Å². The van der Waals surface area contributed by atoms with Gasteiger partial charge in [-0.15, -0.1) is 0 Å². The lowest BCUT2D eigenvalue weighted by atomic mass is 10.0. The minimum absolute atomic E-state index is 0.0550. The molecule has 182 valence electrons. The van der Waals surface area contributed by atoms with Crippen molar-refractivity contribution in [3.63, 3.8) is 0 Å². The number of carbonyl (C=O) groups excluding carboxylic acids is 2. The van der Waals surface area contributed by atoms with Gasteiger partial charge in [0, 0.05) is 6.42 Å². The van der Waals surface area contributed by atoms with Gasteiger partial charge in [0.1, 0.15) is 18.5 Å². The number of hydrogen-bond acceptors (Lipinski definition) is 4. The molecule has 0 aliphatic carbocycles. The molecule has 2 amide bonds. The average Bonchev–Trinajstić information content (AvgIpc) is 3.18. The highest BCUT2D eigenvalue weighted by molar-refractivity contribution is 6.74. The first kappa shape index (κ1) is 25.8. The fourth-order valence-electron chi connectivity index (χ4n) is 3.51. The van der Waals surface area contributed by atoms with E-state index in [2.05, 4.69) is 33.9 Å². The normalized spacial score (nSPS) is 17.1. The summed E-state index contributed by atoms with van der Waals surface area (Å²) in [6.45, 7) is 11.4. The summed E-state index contributed by atoms with van der Waals surface area (Å²) >= 11 is 0. The lowest BCUT2D eigenvalue weighted by molar-refractivity contribution is -0.129. The Kier molecular flexibility index (Phi) is 8.10. The zero-order valence-electron chi connectivity index (χ0n) is 20.6. The number of carbonyl (C=O) groups is 2. The lowest BCUT2D eigenvalue weighted by Gasteiger charge is -2.36. The number of cyclic esters (lactones) is 1. The van der Waals surface area contributed by atoms with Crippen LogP contribution in [0.5, 0.6) is 0 Å². The summed E-state index contributed by atoms with van der Waals surface area (Å²) in [6.07, 6.45) is 1.93. The van der Waals surface area contributed by atoms with E-state index in [-0.39, 0.29) is 29.8 Å². The molecule has 2 aromatic rings. The smallest absolute Gasteiger partial charge is 0.417 e. The molecule has 0 N–H and O–H groups in total. The van der Waals surface area contributed by atoms with Crippen LogP contribution in [0.25, 0.3) is 5.57 Å². The standard InChI is InChI=1S/C27H34FNO4Si/c1-27(2,3)34(4,5)33-18-22(20-14-16-23(28)17-15-20)12-9-13-25(30)29-24(19-32-26(29)31)21-10-7-6-8-11-21/h6-8,10-12,14-17,24H,9,13,18-19H2,1-5H3/b22-12-/t24-/m1/s1. The number of allylic oxidation sites excluding steroid dienone is 1. The molecule has 3 rings (SSSR count). The van der Waals surface area contributed by atoms with Gasteiger partial charge in [-0.1, -0.05) is 69.3 Å². The number of halogens is 1. The van der Waals surface area contributed by atoms with Crippen molar-refractivity contribution in [1.29, 1.82) is 0 Å². The summed E-state index contributed by atoms with van der Waals surface area (Å²) in [5.74, 6) is -0.584. The second-order valence-corrected chi connectivity index (χ2v) is 14.9. The van der Waals surface area contributed by atoms with Crippen LogP contribution < -0.4 is 0 Å². The Morgan fingerprint density at radius 1 is 1.15 bits per heavy atom. The maximum Gasteiger partial charge on any atom is 0.417 e. The molecule has 1 saturated heterocycles.